The van der Waals surface area contributed by atoms with Crippen molar-refractivity contribution in [3.8, 4) is 0 Å². The molecule has 180 valence electrons. The van der Waals surface area contributed by atoms with Gasteiger partial charge >= 0.3 is 11.8 Å². The molecular weight excluding hydrogens is 463 g/mol. The lowest BCUT2D eigenvalue weighted by Crippen LogP contribution is -2.43. The first-order chi connectivity index (χ1) is 16.2. The van der Waals surface area contributed by atoms with Crippen molar-refractivity contribution < 1.29 is 14.0 Å². The van der Waals surface area contributed by atoms with E-state index in [1.54, 1.807) is 7.05 Å². The minimum absolute atomic E-state index is 0.0923. The smallest absolute Gasteiger partial charge is 0.313 e. The molecule has 2 amide bonds. The molecule has 2 aromatic rings. The molecule has 1 aliphatic rings. The SMILES string of the molecule is CNC(=N)NCC1Cc2cc(CNC(=N)N)ccc2[C@@H]1NC(=O)C(=O)Nc1ccc(Cl)c(F)c1. The van der Waals surface area contributed by atoms with Crippen molar-refractivity contribution in [3.05, 3.63) is 63.9 Å². The zero-order chi connectivity index (χ0) is 24.8. The number of rotatable bonds is 6. The Bertz CT molecular complexity index is 1130. The lowest BCUT2D eigenvalue weighted by atomic mass is 10.00. The second-order valence-corrected chi connectivity index (χ2v) is 8.21. The van der Waals surface area contributed by atoms with E-state index in [2.05, 4.69) is 26.6 Å². The highest BCUT2D eigenvalue weighted by Crippen LogP contribution is 2.36. The maximum atomic E-state index is 13.6. The van der Waals surface area contributed by atoms with Crippen LogP contribution in [0.2, 0.25) is 5.02 Å². The molecule has 0 aromatic heterocycles. The van der Waals surface area contributed by atoms with E-state index in [9.17, 15) is 14.0 Å². The van der Waals surface area contributed by atoms with E-state index in [4.69, 9.17) is 28.2 Å². The third-order valence-corrected chi connectivity index (χ3v) is 5.75. The van der Waals surface area contributed by atoms with Gasteiger partial charge in [0.15, 0.2) is 11.9 Å². The van der Waals surface area contributed by atoms with Crippen LogP contribution in [-0.4, -0.2) is 37.3 Å². The number of benzene rings is 2. The van der Waals surface area contributed by atoms with Gasteiger partial charge in [0, 0.05) is 31.7 Å². The summed E-state index contributed by atoms with van der Waals surface area (Å²) >= 11 is 5.65. The van der Waals surface area contributed by atoms with Crippen molar-refractivity contribution in [1.29, 1.82) is 10.8 Å². The standard InChI is InChI=1S/C22H26ClFN8O2/c1-28-22(27)30-10-13-7-12-6-11(9-29-21(25)26)2-4-15(12)18(13)32-20(34)19(33)31-14-3-5-16(23)17(24)8-14/h2-6,8,13,18H,7,9-10H2,1H3,(H,31,33)(H,32,34)(H4,25,26,29)(H3,27,28,30)/t13?,18-/m1/s1. The highest BCUT2D eigenvalue weighted by atomic mass is 35.5. The molecule has 0 bridgehead atoms. The average Bonchev–Trinajstić information content (AvgIpc) is 3.14. The van der Waals surface area contributed by atoms with Crippen LogP contribution < -0.4 is 32.3 Å². The predicted octanol–water partition coefficient (Wildman–Crippen LogP) is 1.17. The van der Waals surface area contributed by atoms with Crippen molar-refractivity contribution in [2.75, 3.05) is 18.9 Å². The average molecular weight is 489 g/mol. The minimum atomic E-state index is -0.938. The van der Waals surface area contributed by atoms with E-state index in [0.29, 0.717) is 19.5 Å². The Morgan fingerprint density at radius 1 is 1.15 bits per heavy atom. The van der Waals surface area contributed by atoms with Gasteiger partial charge in [0.1, 0.15) is 5.82 Å². The number of hydrogen-bond donors (Lipinski definition) is 8. The summed E-state index contributed by atoms with van der Waals surface area (Å²) in [5.74, 6) is -2.65. The van der Waals surface area contributed by atoms with Crippen molar-refractivity contribution in [1.82, 2.24) is 21.3 Å². The first-order valence-electron chi connectivity index (χ1n) is 10.4. The van der Waals surface area contributed by atoms with Crippen LogP contribution >= 0.6 is 11.6 Å². The van der Waals surface area contributed by atoms with Crippen LogP contribution in [0.4, 0.5) is 10.1 Å². The molecule has 0 fully saturated rings. The first kappa shape index (κ1) is 24.8. The first-order valence-corrected chi connectivity index (χ1v) is 10.8. The maximum absolute atomic E-state index is 13.6. The number of hydrogen-bond acceptors (Lipinski definition) is 4. The van der Waals surface area contributed by atoms with E-state index in [-0.39, 0.29) is 28.5 Å². The van der Waals surface area contributed by atoms with E-state index in [1.165, 1.54) is 12.1 Å². The van der Waals surface area contributed by atoms with Gasteiger partial charge in [-0.3, -0.25) is 20.4 Å². The Balaban J connectivity index is 1.75. The molecule has 2 atom stereocenters. The van der Waals surface area contributed by atoms with Crippen molar-refractivity contribution in [2.45, 2.75) is 19.0 Å². The molecule has 0 radical (unpaired) electrons. The number of halogens is 2. The number of anilines is 1. The topological polar surface area (TPSA) is 168 Å². The molecule has 9 N–H and O–H groups in total. The summed E-state index contributed by atoms with van der Waals surface area (Å²) in [6.45, 7) is 0.761. The summed E-state index contributed by atoms with van der Waals surface area (Å²) in [6, 6.07) is 8.92. The fourth-order valence-electron chi connectivity index (χ4n) is 3.78. The van der Waals surface area contributed by atoms with Crippen molar-refractivity contribution in [2.24, 2.45) is 11.7 Å². The summed E-state index contributed by atoms with van der Waals surface area (Å²) in [5.41, 5.74) is 8.22. The largest absolute Gasteiger partial charge is 0.370 e. The summed E-state index contributed by atoms with van der Waals surface area (Å²) in [4.78, 5) is 25.1. The summed E-state index contributed by atoms with van der Waals surface area (Å²) in [5, 5.41) is 28.5. The number of fused-ring (bicyclic) bond motifs is 1. The van der Waals surface area contributed by atoms with Gasteiger partial charge in [-0.05, 0) is 41.3 Å². The van der Waals surface area contributed by atoms with E-state index >= 15 is 0 Å². The fraction of sp³-hybridized carbons (Fsp3) is 0.273. The van der Waals surface area contributed by atoms with Crippen LogP contribution in [-0.2, 0) is 22.6 Å². The molecule has 1 aliphatic carbocycles. The van der Waals surface area contributed by atoms with Crippen LogP contribution in [0.15, 0.2) is 36.4 Å². The number of nitrogens with two attached hydrogens (primary N) is 1. The predicted molar refractivity (Wildman–Crippen MR) is 128 cm³/mol. The highest BCUT2D eigenvalue weighted by Gasteiger charge is 2.35. The molecular formula is C22H26ClFN8O2. The molecule has 0 heterocycles. The molecule has 0 aliphatic heterocycles. The number of carbonyl (C=O) groups is 2. The molecule has 12 heteroatoms. The van der Waals surface area contributed by atoms with E-state index in [1.807, 2.05) is 18.2 Å². The number of carbonyl (C=O) groups excluding carboxylic acids is 2. The molecule has 0 spiro atoms. The zero-order valence-corrected chi connectivity index (χ0v) is 19.1. The third kappa shape index (κ3) is 6.13. The monoisotopic (exact) mass is 488 g/mol. The molecule has 0 saturated heterocycles. The van der Waals surface area contributed by atoms with Crippen molar-refractivity contribution >= 4 is 41.0 Å². The number of nitrogens with one attached hydrogen (secondary N) is 7. The lowest BCUT2D eigenvalue weighted by Gasteiger charge is -2.22. The van der Waals surface area contributed by atoms with Gasteiger partial charge in [-0.2, -0.15) is 0 Å². The van der Waals surface area contributed by atoms with E-state index < -0.39 is 23.7 Å². The van der Waals surface area contributed by atoms with Gasteiger partial charge in [-0.25, -0.2) is 4.39 Å². The molecule has 0 saturated carbocycles. The summed E-state index contributed by atoms with van der Waals surface area (Å²) in [6.07, 6.45) is 0.599. The van der Waals surface area contributed by atoms with Crippen LogP contribution in [0, 0.1) is 22.6 Å². The Morgan fingerprint density at radius 3 is 2.59 bits per heavy atom. The van der Waals surface area contributed by atoms with Gasteiger partial charge in [0.05, 0.1) is 11.1 Å². The van der Waals surface area contributed by atoms with Crippen LogP contribution in [0.25, 0.3) is 0 Å². The van der Waals surface area contributed by atoms with Gasteiger partial charge in [-0.1, -0.05) is 29.8 Å². The lowest BCUT2D eigenvalue weighted by molar-refractivity contribution is -0.136. The van der Waals surface area contributed by atoms with Crippen LogP contribution in [0.5, 0.6) is 0 Å². The third-order valence-electron chi connectivity index (χ3n) is 5.44. The summed E-state index contributed by atoms with van der Waals surface area (Å²) < 4.78 is 13.6. The summed E-state index contributed by atoms with van der Waals surface area (Å²) in [7, 11) is 1.62. The highest BCUT2D eigenvalue weighted by molar-refractivity contribution is 6.39. The maximum Gasteiger partial charge on any atom is 0.313 e. The second-order valence-electron chi connectivity index (χ2n) is 7.80. The van der Waals surface area contributed by atoms with Gasteiger partial charge in [0.2, 0.25) is 0 Å². The fourth-order valence-corrected chi connectivity index (χ4v) is 3.89. The van der Waals surface area contributed by atoms with Crippen LogP contribution in [0.1, 0.15) is 22.7 Å². The van der Waals surface area contributed by atoms with Gasteiger partial charge < -0.3 is 32.3 Å². The zero-order valence-electron chi connectivity index (χ0n) is 18.4. The Hall–Kier alpha value is -3.86. The second kappa shape index (κ2) is 10.8. The molecule has 10 nitrogen and oxygen atoms in total. The Kier molecular flexibility index (Phi) is 7.90. The quantitative estimate of drug-likeness (QED) is 0.172. The normalized spacial score (nSPS) is 16.2. The Labute approximate surface area is 200 Å². The van der Waals surface area contributed by atoms with E-state index in [0.717, 1.165) is 22.8 Å². The molecule has 2 aromatic carbocycles. The van der Waals surface area contributed by atoms with Gasteiger partial charge in [-0.15, -0.1) is 0 Å². The molecule has 1 unspecified atom stereocenters. The minimum Gasteiger partial charge on any atom is -0.370 e. The number of amides is 2. The molecule has 34 heavy (non-hydrogen) atoms. The number of guanidine groups is 2. The molecule has 3 rings (SSSR count). The van der Waals surface area contributed by atoms with Crippen molar-refractivity contribution in [3.63, 3.8) is 0 Å². The van der Waals surface area contributed by atoms with Crippen LogP contribution in [0.3, 0.4) is 0 Å². The van der Waals surface area contributed by atoms with Gasteiger partial charge in [0.25, 0.3) is 0 Å². The Morgan fingerprint density at radius 2 is 1.91 bits per heavy atom.